The van der Waals surface area contributed by atoms with Gasteiger partial charge in [-0.15, -0.1) is 0 Å². The van der Waals surface area contributed by atoms with Gasteiger partial charge >= 0.3 is 5.97 Å². The average molecular weight is 401 g/mol. The van der Waals surface area contributed by atoms with Gasteiger partial charge in [0.25, 0.3) is 0 Å². The monoisotopic (exact) mass is 399 g/mol. The lowest BCUT2D eigenvalue weighted by Gasteiger charge is -2.09. The van der Waals surface area contributed by atoms with Gasteiger partial charge in [-0.25, -0.2) is 4.79 Å². The number of carboxylic acid groups (broad SMARTS) is 1. The fourth-order valence-electron chi connectivity index (χ4n) is 2.06. The second kappa shape index (κ2) is 8.25. The molecule has 0 aliphatic carbocycles. The van der Waals surface area contributed by atoms with E-state index in [4.69, 9.17) is 44.6 Å². The van der Waals surface area contributed by atoms with Crippen molar-refractivity contribution >= 4 is 58.4 Å². The molecule has 0 saturated carbocycles. The lowest BCUT2D eigenvalue weighted by molar-refractivity contribution is -0.111. The van der Waals surface area contributed by atoms with Gasteiger partial charge in [0.1, 0.15) is 5.75 Å². The summed E-state index contributed by atoms with van der Waals surface area (Å²) < 4.78 is 5.18. The molecule has 0 fully saturated rings. The minimum atomic E-state index is -1.20. The van der Waals surface area contributed by atoms with Gasteiger partial charge in [0, 0.05) is 21.7 Å². The molecule has 2 N–H and O–H groups in total. The Bertz CT molecular complexity index is 865. The minimum Gasteiger partial charge on any atom is -0.495 e. The summed E-state index contributed by atoms with van der Waals surface area (Å²) in [5.74, 6) is -1.37. The largest absolute Gasteiger partial charge is 0.495 e. The number of carbonyl (C=O) groups excluding carboxylic acids is 1. The summed E-state index contributed by atoms with van der Waals surface area (Å²) in [5.41, 5.74) is 0.519. The smallest absolute Gasteiger partial charge is 0.337 e. The van der Waals surface area contributed by atoms with Gasteiger partial charge in [-0.05, 0) is 36.4 Å². The molecule has 0 spiro atoms. The fraction of sp³-hybridized carbons (Fsp3) is 0.0588. The van der Waals surface area contributed by atoms with E-state index in [1.807, 2.05) is 0 Å². The van der Waals surface area contributed by atoms with Crippen LogP contribution in [0.25, 0.3) is 6.08 Å². The second-order valence-corrected chi connectivity index (χ2v) is 6.11. The third-order valence-electron chi connectivity index (χ3n) is 3.13. The molecule has 0 aliphatic heterocycles. The van der Waals surface area contributed by atoms with Crippen LogP contribution in [-0.2, 0) is 4.79 Å². The highest BCUT2D eigenvalue weighted by molar-refractivity contribution is 6.36. The lowest BCUT2D eigenvalue weighted by Crippen LogP contribution is -2.12. The van der Waals surface area contributed by atoms with E-state index >= 15 is 0 Å². The summed E-state index contributed by atoms with van der Waals surface area (Å²) in [6.45, 7) is 0. The van der Waals surface area contributed by atoms with E-state index in [1.54, 1.807) is 6.07 Å². The molecule has 0 heterocycles. The number of hydrogen-bond donors (Lipinski definition) is 2. The van der Waals surface area contributed by atoms with Crippen molar-refractivity contribution in [3.8, 4) is 5.75 Å². The molecule has 5 nitrogen and oxygen atoms in total. The molecule has 0 aliphatic rings. The first kappa shape index (κ1) is 19.1. The predicted molar refractivity (Wildman–Crippen MR) is 99.1 cm³/mol. The van der Waals surface area contributed by atoms with Crippen molar-refractivity contribution in [2.75, 3.05) is 12.4 Å². The van der Waals surface area contributed by atoms with Crippen molar-refractivity contribution < 1.29 is 19.4 Å². The van der Waals surface area contributed by atoms with Gasteiger partial charge in [-0.2, -0.15) is 0 Å². The first-order valence-electron chi connectivity index (χ1n) is 6.86. The Balaban J connectivity index is 2.24. The number of aromatic carboxylic acids is 1. The Morgan fingerprint density at radius 2 is 1.84 bits per heavy atom. The molecule has 2 rings (SSSR count). The van der Waals surface area contributed by atoms with Gasteiger partial charge in [0.05, 0.1) is 23.4 Å². The average Bonchev–Trinajstić information content (AvgIpc) is 2.54. The molecule has 0 saturated heterocycles. The van der Waals surface area contributed by atoms with Crippen LogP contribution in [0.2, 0.25) is 15.1 Å². The molecule has 0 aromatic heterocycles. The van der Waals surface area contributed by atoms with Crippen LogP contribution in [0.1, 0.15) is 15.9 Å². The van der Waals surface area contributed by atoms with Crippen LogP contribution in [0, 0.1) is 0 Å². The Morgan fingerprint density at radius 1 is 1.12 bits per heavy atom. The van der Waals surface area contributed by atoms with Crippen molar-refractivity contribution in [3.05, 3.63) is 62.6 Å². The number of benzene rings is 2. The number of rotatable bonds is 5. The van der Waals surface area contributed by atoms with E-state index in [-0.39, 0.29) is 16.3 Å². The first-order chi connectivity index (χ1) is 11.8. The number of nitrogens with one attached hydrogen (secondary N) is 1. The SMILES string of the molecule is COc1c(Cl)cc(Cl)cc1/C=C/C(=O)Nc1ccc(Cl)cc1C(=O)O. The van der Waals surface area contributed by atoms with Gasteiger partial charge in [-0.3, -0.25) is 4.79 Å². The standard InChI is InChI=1S/C17H12Cl3NO4/c1-25-16-9(6-11(19)8-13(16)20)2-5-15(22)21-14-4-3-10(18)7-12(14)17(23)24/h2-8H,1H3,(H,21,22)(H,23,24)/b5-2+. The molecular formula is C17H12Cl3NO4. The number of ether oxygens (including phenoxy) is 1. The van der Waals surface area contributed by atoms with Gasteiger partial charge in [0.15, 0.2) is 0 Å². The summed E-state index contributed by atoms with van der Waals surface area (Å²) in [5, 5.41) is 12.6. The van der Waals surface area contributed by atoms with Gasteiger partial charge in [0.2, 0.25) is 5.91 Å². The third-order valence-corrected chi connectivity index (χ3v) is 3.86. The number of amides is 1. The molecule has 130 valence electrons. The first-order valence-corrected chi connectivity index (χ1v) is 8.00. The number of halogens is 3. The van der Waals surface area contributed by atoms with Crippen LogP contribution >= 0.6 is 34.8 Å². The maximum absolute atomic E-state index is 12.1. The zero-order valence-electron chi connectivity index (χ0n) is 12.8. The molecule has 0 bridgehead atoms. The number of carbonyl (C=O) groups is 2. The van der Waals surface area contributed by atoms with Crippen LogP contribution in [0.15, 0.2) is 36.4 Å². The molecule has 0 unspecified atom stereocenters. The zero-order valence-corrected chi connectivity index (χ0v) is 15.1. The Labute approximate surface area is 158 Å². The van der Waals surface area contributed by atoms with Gasteiger partial charge < -0.3 is 15.2 Å². The van der Waals surface area contributed by atoms with E-state index in [1.165, 1.54) is 43.5 Å². The number of anilines is 1. The van der Waals surface area contributed by atoms with E-state index < -0.39 is 11.9 Å². The normalized spacial score (nSPS) is 10.7. The summed E-state index contributed by atoms with van der Waals surface area (Å²) >= 11 is 17.7. The number of hydrogen-bond acceptors (Lipinski definition) is 3. The second-order valence-electron chi connectivity index (χ2n) is 4.83. The van der Waals surface area contributed by atoms with E-state index in [2.05, 4.69) is 5.32 Å². The Morgan fingerprint density at radius 3 is 2.48 bits per heavy atom. The highest BCUT2D eigenvalue weighted by Crippen LogP contribution is 2.33. The van der Waals surface area contributed by atoms with E-state index in [9.17, 15) is 9.59 Å². The van der Waals surface area contributed by atoms with E-state index in [0.29, 0.717) is 21.4 Å². The van der Waals surface area contributed by atoms with Crippen molar-refractivity contribution in [2.45, 2.75) is 0 Å². The van der Waals surface area contributed by atoms with Crippen molar-refractivity contribution in [1.29, 1.82) is 0 Å². The van der Waals surface area contributed by atoms with Crippen LogP contribution < -0.4 is 10.1 Å². The molecule has 2 aromatic rings. The van der Waals surface area contributed by atoms with Crippen LogP contribution in [0.3, 0.4) is 0 Å². The molecule has 0 atom stereocenters. The predicted octanol–water partition coefficient (Wildman–Crippen LogP) is 5.01. The highest BCUT2D eigenvalue weighted by atomic mass is 35.5. The third kappa shape index (κ3) is 4.89. The maximum Gasteiger partial charge on any atom is 0.337 e. The lowest BCUT2D eigenvalue weighted by atomic mass is 10.1. The van der Waals surface area contributed by atoms with E-state index in [0.717, 1.165) is 0 Å². The van der Waals surface area contributed by atoms with Crippen LogP contribution in [0.5, 0.6) is 5.75 Å². The minimum absolute atomic E-state index is 0.113. The molecular weight excluding hydrogens is 389 g/mol. The summed E-state index contributed by atoms with van der Waals surface area (Å²) in [7, 11) is 1.44. The topological polar surface area (TPSA) is 75.6 Å². The van der Waals surface area contributed by atoms with Crippen molar-refractivity contribution in [1.82, 2.24) is 0 Å². The summed E-state index contributed by atoms with van der Waals surface area (Å²) in [6.07, 6.45) is 2.67. The van der Waals surface area contributed by atoms with Crippen LogP contribution in [-0.4, -0.2) is 24.1 Å². The molecule has 25 heavy (non-hydrogen) atoms. The maximum atomic E-state index is 12.1. The van der Waals surface area contributed by atoms with Crippen molar-refractivity contribution in [2.24, 2.45) is 0 Å². The van der Waals surface area contributed by atoms with Crippen LogP contribution in [0.4, 0.5) is 5.69 Å². The summed E-state index contributed by atoms with van der Waals surface area (Å²) in [4.78, 5) is 23.3. The number of carboxylic acids is 1. The Hall–Kier alpha value is -2.21. The molecule has 0 radical (unpaired) electrons. The van der Waals surface area contributed by atoms with Gasteiger partial charge in [-0.1, -0.05) is 34.8 Å². The zero-order chi connectivity index (χ0) is 18.6. The quantitative estimate of drug-likeness (QED) is 0.692. The molecule has 8 heteroatoms. The number of methoxy groups -OCH3 is 1. The summed E-state index contributed by atoms with van der Waals surface area (Å²) in [6, 6.07) is 7.25. The highest BCUT2D eigenvalue weighted by Gasteiger charge is 2.13. The molecule has 1 amide bonds. The fourth-order valence-corrected chi connectivity index (χ4v) is 2.82. The van der Waals surface area contributed by atoms with Crippen molar-refractivity contribution in [3.63, 3.8) is 0 Å². The Kier molecular flexibility index (Phi) is 6.31. The molecule has 2 aromatic carbocycles.